The number of amides is 1. The van der Waals surface area contributed by atoms with E-state index < -0.39 is 0 Å². The molecule has 0 spiro atoms. The molecule has 0 atom stereocenters. The topological polar surface area (TPSA) is 47.6 Å². The molecule has 1 rings (SSSR count). The summed E-state index contributed by atoms with van der Waals surface area (Å²) in [5.74, 6) is 0.869. The van der Waals surface area contributed by atoms with Gasteiger partial charge in [-0.2, -0.15) is 0 Å². The molecule has 0 aliphatic rings. The Balaban J connectivity index is 2.01. The van der Waals surface area contributed by atoms with E-state index in [-0.39, 0.29) is 11.6 Å². The molecule has 1 amide bonds. The van der Waals surface area contributed by atoms with Crippen LogP contribution in [0.2, 0.25) is 0 Å². The average molecular weight is 265 g/mol. The summed E-state index contributed by atoms with van der Waals surface area (Å²) >= 11 is 0. The predicted molar refractivity (Wildman–Crippen MR) is 75.4 cm³/mol. The van der Waals surface area contributed by atoms with Gasteiger partial charge >= 0.3 is 6.09 Å². The fourth-order valence-electron chi connectivity index (χ4n) is 1.42. The van der Waals surface area contributed by atoms with E-state index in [1.54, 1.807) is 0 Å². The number of hydrogen-bond acceptors (Lipinski definition) is 3. The number of benzene rings is 1. The molecule has 0 saturated carbocycles. The van der Waals surface area contributed by atoms with E-state index in [0.717, 1.165) is 18.6 Å². The Morgan fingerprint density at radius 1 is 1.11 bits per heavy atom. The van der Waals surface area contributed by atoms with Crippen LogP contribution >= 0.6 is 0 Å². The van der Waals surface area contributed by atoms with Crippen molar-refractivity contribution in [2.75, 3.05) is 13.2 Å². The zero-order chi connectivity index (χ0) is 14.1. The summed E-state index contributed by atoms with van der Waals surface area (Å²) in [5, 5.41) is 2.74. The third-order valence-corrected chi connectivity index (χ3v) is 2.26. The van der Waals surface area contributed by atoms with Crippen molar-refractivity contribution in [1.29, 1.82) is 0 Å². The van der Waals surface area contributed by atoms with Gasteiger partial charge in [0.15, 0.2) is 0 Å². The smallest absolute Gasteiger partial charge is 0.407 e. The molecule has 0 aliphatic carbocycles. The number of para-hydroxylation sites is 1. The van der Waals surface area contributed by atoms with Crippen LogP contribution in [0.4, 0.5) is 4.79 Å². The number of carbonyl (C=O) groups is 1. The van der Waals surface area contributed by atoms with Gasteiger partial charge in [-0.25, -0.2) is 4.79 Å². The molecule has 0 heterocycles. The maximum Gasteiger partial charge on any atom is 0.407 e. The van der Waals surface area contributed by atoms with E-state index in [1.165, 1.54) is 0 Å². The largest absolute Gasteiger partial charge is 0.494 e. The number of ether oxygens (including phenoxy) is 2. The Bertz CT molecular complexity index is 371. The number of nitrogens with one attached hydrogen (secondary N) is 1. The highest BCUT2D eigenvalue weighted by molar-refractivity contribution is 5.67. The Morgan fingerprint density at radius 3 is 2.37 bits per heavy atom. The third-order valence-electron chi connectivity index (χ3n) is 2.26. The minimum absolute atomic E-state index is 0.256. The summed E-state index contributed by atoms with van der Waals surface area (Å²) in [6.07, 6.45) is 1.29. The first-order valence-corrected chi connectivity index (χ1v) is 6.60. The standard InChI is InChI=1S/C15H23NO3/c1-15(2,3)16-14(17)19-12-8-7-11-18-13-9-5-4-6-10-13/h4-6,9-10H,7-8,11-12H2,1-3H3,(H,16,17). The Hall–Kier alpha value is -1.71. The fourth-order valence-corrected chi connectivity index (χ4v) is 1.42. The van der Waals surface area contributed by atoms with Gasteiger partial charge in [-0.1, -0.05) is 18.2 Å². The monoisotopic (exact) mass is 265 g/mol. The van der Waals surface area contributed by atoms with E-state index in [0.29, 0.717) is 13.2 Å². The van der Waals surface area contributed by atoms with Crippen molar-refractivity contribution in [2.45, 2.75) is 39.2 Å². The van der Waals surface area contributed by atoms with Gasteiger partial charge in [-0.15, -0.1) is 0 Å². The Labute approximate surface area is 115 Å². The second-order valence-electron chi connectivity index (χ2n) is 5.38. The van der Waals surface area contributed by atoms with Crippen LogP contribution in [0.5, 0.6) is 5.75 Å². The SMILES string of the molecule is CC(C)(C)NC(=O)OCCCCOc1ccccc1. The molecule has 106 valence electrons. The van der Waals surface area contributed by atoms with Crippen LogP contribution in [0, 0.1) is 0 Å². The molecular formula is C15H23NO3. The average Bonchev–Trinajstić information content (AvgIpc) is 2.32. The number of hydrogen-bond donors (Lipinski definition) is 1. The maximum atomic E-state index is 11.3. The van der Waals surface area contributed by atoms with Crippen molar-refractivity contribution < 1.29 is 14.3 Å². The first-order valence-electron chi connectivity index (χ1n) is 6.60. The van der Waals surface area contributed by atoms with Crippen LogP contribution in [-0.4, -0.2) is 24.8 Å². The molecular weight excluding hydrogens is 242 g/mol. The summed E-state index contributed by atoms with van der Waals surface area (Å²) in [4.78, 5) is 11.3. The van der Waals surface area contributed by atoms with Crippen molar-refractivity contribution in [1.82, 2.24) is 5.32 Å². The van der Waals surface area contributed by atoms with E-state index >= 15 is 0 Å². The van der Waals surface area contributed by atoms with Gasteiger partial charge < -0.3 is 14.8 Å². The molecule has 4 nitrogen and oxygen atoms in total. The molecule has 4 heteroatoms. The van der Waals surface area contributed by atoms with E-state index in [9.17, 15) is 4.79 Å². The van der Waals surface area contributed by atoms with Gasteiger partial charge in [0.25, 0.3) is 0 Å². The lowest BCUT2D eigenvalue weighted by atomic mass is 10.1. The van der Waals surface area contributed by atoms with Gasteiger partial charge in [0, 0.05) is 5.54 Å². The summed E-state index contributed by atoms with van der Waals surface area (Å²) in [6.45, 7) is 6.81. The summed E-state index contributed by atoms with van der Waals surface area (Å²) in [5.41, 5.74) is -0.256. The van der Waals surface area contributed by atoms with Gasteiger partial charge in [0.05, 0.1) is 13.2 Å². The zero-order valence-corrected chi connectivity index (χ0v) is 11.9. The van der Waals surface area contributed by atoms with Crippen molar-refractivity contribution in [3.05, 3.63) is 30.3 Å². The van der Waals surface area contributed by atoms with Crippen LogP contribution < -0.4 is 10.1 Å². The van der Waals surface area contributed by atoms with Gasteiger partial charge in [-0.3, -0.25) is 0 Å². The van der Waals surface area contributed by atoms with E-state index in [1.807, 2.05) is 51.1 Å². The highest BCUT2D eigenvalue weighted by Crippen LogP contribution is 2.08. The molecule has 19 heavy (non-hydrogen) atoms. The van der Waals surface area contributed by atoms with Gasteiger partial charge in [0.2, 0.25) is 0 Å². The first kappa shape index (κ1) is 15.3. The molecule has 0 bridgehead atoms. The lowest BCUT2D eigenvalue weighted by molar-refractivity contribution is 0.133. The predicted octanol–water partition coefficient (Wildman–Crippen LogP) is 3.37. The van der Waals surface area contributed by atoms with Crippen molar-refractivity contribution in [2.24, 2.45) is 0 Å². The molecule has 0 unspecified atom stereocenters. The normalized spacial score (nSPS) is 10.9. The first-order chi connectivity index (χ1) is 8.97. The van der Waals surface area contributed by atoms with Crippen molar-refractivity contribution in [3.63, 3.8) is 0 Å². The minimum atomic E-state index is -0.364. The lowest BCUT2D eigenvalue weighted by Gasteiger charge is -2.19. The fraction of sp³-hybridized carbons (Fsp3) is 0.533. The van der Waals surface area contributed by atoms with E-state index in [2.05, 4.69) is 5.32 Å². The van der Waals surface area contributed by atoms with Gasteiger partial charge in [0.1, 0.15) is 5.75 Å². The molecule has 0 saturated heterocycles. The van der Waals surface area contributed by atoms with Crippen LogP contribution in [0.3, 0.4) is 0 Å². The molecule has 0 fully saturated rings. The molecule has 0 aliphatic heterocycles. The number of alkyl carbamates (subject to hydrolysis) is 1. The highest BCUT2D eigenvalue weighted by atomic mass is 16.5. The van der Waals surface area contributed by atoms with E-state index in [4.69, 9.17) is 9.47 Å². The molecule has 0 aromatic heterocycles. The quantitative estimate of drug-likeness (QED) is 0.802. The minimum Gasteiger partial charge on any atom is -0.494 e. The number of rotatable bonds is 6. The van der Waals surface area contributed by atoms with Crippen LogP contribution in [0.25, 0.3) is 0 Å². The zero-order valence-electron chi connectivity index (χ0n) is 11.9. The second-order valence-corrected chi connectivity index (χ2v) is 5.38. The van der Waals surface area contributed by atoms with Crippen molar-refractivity contribution in [3.8, 4) is 5.75 Å². The molecule has 1 aromatic rings. The molecule has 1 N–H and O–H groups in total. The number of carbonyl (C=O) groups excluding carboxylic acids is 1. The molecule has 1 aromatic carbocycles. The maximum absolute atomic E-state index is 11.3. The van der Waals surface area contributed by atoms with Gasteiger partial charge in [-0.05, 0) is 45.7 Å². The summed E-state index contributed by atoms with van der Waals surface area (Å²) in [7, 11) is 0. The second kappa shape index (κ2) is 7.67. The highest BCUT2D eigenvalue weighted by Gasteiger charge is 2.13. The Kier molecular flexibility index (Phi) is 6.19. The van der Waals surface area contributed by atoms with Crippen LogP contribution in [-0.2, 0) is 4.74 Å². The third kappa shape index (κ3) is 8.08. The summed E-state index contributed by atoms with van der Waals surface area (Å²) < 4.78 is 10.6. The van der Waals surface area contributed by atoms with Crippen molar-refractivity contribution >= 4 is 6.09 Å². The van der Waals surface area contributed by atoms with Crippen LogP contribution in [0.1, 0.15) is 33.6 Å². The van der Waals surface area contributed by atoms with Crippen LogP contribution in [0.15, 0.2) is 30.3 Å². The number of unbranched alkanes of at least 4 members (excludes halogenated alkanes) is 1. The lowest BCUT2D eigenvalue weighted by Crippen LogP contribution is -2.41. The molecule has 0 radical (unpaired) electrons. The Morgan fingerprint density at radius 2 is 1.74 bits per heavy atom. The summed E-state index contributed by atoms with van der Waals surface area (Å²) in [6, 6.07) is 9.68.